The maximum Gasteiger partial charge on any atom is 0.261 e. The Balaban J connectivity index is 2.19. The molecule has 1 atom stereocenters. The molecule has 6 nitrogen and oxygen atoms in total. The van der Waals surface area contributed by atoms with Gasteiger partial charge in [-0.2, -0.15) is 0 Å². The lowest BCUT2D eigenvalue weighted by atomic mass is 10.1. The molecule has 0 radical (unpaired) electrons. The summed E-state index contributed by atoms with van der Waals surface area (Å²) >= 11 is 12.0. The molecule has 2 amide bonds. The molecule has 0 bridgehead atoms. The molecule has 0 spiro atoms. The molecule has 0 fully saturated rings. The molecule has 1 unspecified atom stereocenters. The van der Waals surface area contributed by atoms with Crippen molar-refractivity contribution in [2.75, 3.05) is 13.7 Å². The van der Waals surface area contributed by atoms with E-state index in [1.165, 1.54) is 11.0 Å². The molecule has 8 heteroatoms. The number of hydrogen-bond donors (Lipinski definition) is 1. The van der Waals surface area contributed by atoms with Gasteiger partial charge in [0.15, 0.2) is 6.61 Å². The Morgan fingerprint density at radius 1 is 1.10 bits per heavy atom. The van der Waals surface area contributed by atoms with E-state index in [-0.39, 0.29) is 31.0 Å². The van der Waals surface area contributed by atoms with Crippen LogP contribution in [0.3, 0.4) is 0 Å². The van der Waals surface area contributed by atoms with Gasteiger partial charge < -0.3 is 19.7 Å². The first-order chi connectivity index (χ1) is 14.2. The van der Waals surface area contributed by atoms with E-state index in [4.69, 9.17) is 32.7 Å². The number of halogens is 2. The van der Waals surface area contributed by atoms with Crippen molar-refractivity contribution in [2.45, 2.75) is 39.4 Å². The zero-order valence-corrected chi connectivity index (χ0v) is 19.0. The number of carbonyl (C=O) groups is 2. The van der Waals surface area contributed by atoms with Crippen LogP contribution < -0.4 is 14.8 Å². The van der Waals surface area contributed by atoms with Crippen molar-refractivity contribution in [1.82, 2.24) is 10.2 Å². The predicted molar refractivity (Wildman–Crippen MR) is 118 cm³/mol. The van der Waals surface area contributed by atoms with Crippen LogP contribution in [0.4, 0.5) is 0 Å². The highest BCUT2D eigenvalue weighted by atomic mass is 35.5. The minimum atomic E-state index is -0.699. The summed E-state index contributed by atoms with van der Waals surface area (Å²) in [7, 11) is 1.57. The average Bonchev–Trinajstić information content (AvgIpc) is 2.70. The molecular weight excluding hydrogens is 427 g/mol. The molecule has 30 heavy (non-hydrogen) atoms. The van der Waals surface area contributed by atoms with Crippen molar-refractivity contribution in [2.24, 2.45) is 0 Å². The number of ether oxygens (including phenoxy) is 2. The lowest BCUT2D eigenvalue weighted by Crippen LogP contribution is -2.50. The molecule has 0 aliphatic heterocycles. The first-order valence-corrected chi connectivity index (χ1v) is 10.3. The Morgan fingerprint density at radius 2 is 1.83 bits per heavy atom. The highest BCUT2D eigenvalue weighted by molar-refractivity contribution is 6.35. The van der Waals surface area contributed by atoms with E-state index in [0.29, 0.717) is 21.5 Å². The summed E-state index contributed by atoms with van der Waals surface area (Å²) in [4.78, 5) is 27.0. The minimum absolute atomic E-state index is 0.0437. The quantitative estimate of drug-likeness (QED) is 0.614. The third kappa shape index (κ3) is 6.82. The molecule has 0 saturated carbocycles. The molecule has 0 aliphatic carbocycles. The number of amides is 2. The molecule has 2 rings (SSSR count). The van der Waals surface area contributed by atoms with Crippen LogP contribution in [0.15, 0.2) is 42.5 Å². The van der Waals surface area contributed by atoms with Crippen LogP contribution >= 0.6 is 23.2 Å². The largest absolute Gasteiger partial charge is 0.497 e. The summed E-state index contributed by atoms with van der Waals surface area (Å²) in [6.07, 6.45) is 0. The van der Waals surface area contributed by atoms with Crippen LogP contribution in [0.2, 0.25) is 10.0 Å². The number of hydrogen-bond acceptors (Lipinski definition) is 4. The molecule has 2 aromatic carbocycles. The van der Waals surface area contributed by atoms with Gasteiger partial charge in [0.25, 0.3) is 5.91 Å². The third-order valence-corrected chi connectivity index (χ3v) is 4.86. The molecule has 1 N–H and O–H groups in total. The second-order valence-corrected chi connectivity index (χ2v) is 7.92. The fourth-order valence-corrected chi connectivity index (χ4v) is 3.23. The van der Waals surface area contributed by atoms with Gasteiger partial charge in [-0.25, -0.2) is 0 Å². The number of rotatable bonds is 9. The predicted octanol–water partition coefficient (Wildman–Crippen LogP) is 4.32. The Kier molecular flexibility index (Phi) is 8.81. The number of nitrogens with one attached hydrogen (secondary N) is 1. The summed E-state index contributed by atoms with van der Waals surface area (Å²) in [6, 6.07) is 11.4. The molecule has 0 aliphatic rings. The Morgan fingerprint density at radius 3 is 2.47 bits per heavy atom. The normalized spacial score (nSPS) is 11.7. The summed E-state index contributed by atoms with van der Waals surface area (Å²) in [5.41, 5.74) is 0.830. The van der Waals surface area contributed by atoms with Crippen LogP contribution in [-0.4, -0.2) is 42.5 Å². The van der Waals surface area contributed by atoms with E-state index < -0.39 is 6.04 Å². The fraction of sp³-hybridized carbons (Fsp3) is 0.364. The zero-order chi connectivity index (χ0) is 22.3. The van der Waals surface area contributed by atoms with Crippen LogP contribution in [-0.2, 0) is 16.1 Å². The number of nitrogens with zero attached hydrogens (tertiary/aromatic N) is 1. The molecule has 2 aromatic rings. The van der Waals surface area contributed by atoms with E-state index in [0.717, 1.165) is 5.56 Å². The first kappa shape index (κ1) is 23.8. The molecule has 0 heterocycles. The first-order valence-electron chi connectivity index (χ1n) is 9.52. The van der Waals surface area contributed by atoms with Gasteiger partial charge in [-0.3, -0.25) is 9.59 Å². The van der Waals surface area contributed by atoms with Crippen molar-refractivity contribution in [1.29, 1.82) is 0 Å². The maximum atomic E-state index is 13.0. The molecule has 0 aromatic heterocycles. The molecule has 0 saturated heterocycles. The SMILES string of the molecule is COc1cccc(CN(C(=O)COc2ccc(Cl)cc2Cl)C(C)C(=O)NC(C)C)c1. The Labute approximate surface area is 187 Å². The lowest BCUT2D eigenvalue weighted by Gasteiger charge is -2.29. The van der Waals surface area contributed by atoms with Crippen LogP contribution in [0, 0.1) is 0 Å². The number of benzene rings is 2. The number of methoxy groups -OCH3 is 1. The van der Waals surface area contributed by atoms with E-state index >= 15 is 0 Å². The topological polar surface area (TPSA) is 67.9 Å². The Hall–Kier alpha value is -2.44. The molecular formula is C22H26Cl2N2O4. The smallest absolute Gasteiger partial charge is 0.261 e. The Bertz CT molecular complexity index is 889. The van der Waals surface area contributed by atoms with Gasteiger partial charge in [-0.15, -0.1) is 0 Å². The molecule has 162 valence electrons. The summed E-state index contributed by atoms with van der Waals surface area (Å²) in [5.74, 6) is 0.416. The van der Waals surface area contributed by atoms with Gasteiger partial charge >= 0.3 is 0 Å². The van der Waals surface area contributed by atoms with Gasteiger partial charge in [0.05, 0.1) is 12.1 Å². The van der Waals surface area contributed by atoms with Crippen molar-refractivity contribution < 1.29 is 19.1 Å². The van der Waals surface area contributed by atoms with Gasteiger partial charge in [0, 0.05) is 17.6 Å². The van der Waals surface area contributed by atoms with Gasteiger partial charge in [-0.1, -0.05) is 35.3 Å². The maximum absolute atomic E-state index is 13.0. The van der Waals surface area contributed by atoms with Crippen molar-refractivity contribution >= 4 is 35.0 Å². The fourth-order valence-electron chi connectivity index (χ4n) is 2.77. The van der Waals surface area contributed by atoms with Gasteiger partial charge in [0.2, 0.25) is 5.91 Å². The van der Waals surface area contributed by atoms with E-state index in [2.05, 4.69) is 5.32 Å². The zero-order valence-electron chi connectivity index (χ0n) is 17.4. The highest BCUT2D eigenvalue weighted by Gasteiger charge is 2.27. The van der Waals surface area contributed by atoms with E-state index in [9.17, 15) is 9.59 Å². The lowest BCUT2D eigenvalue weighted by molar-refractivity contribution is -0.142. The van der Waals surface area contributed by atoms with Crippen LogP contribution in [0.1, 0.15) is 26.3 Å². The van der Waals surface area contributed by atoms with E-state index in [1.54, 1.807) is 26.2 Å². The van der Waals surface area contributed by atoms with Crippen LogP contribution in [0.25, 0.3) is 0 Å². The second kappa shape index (κ2) is 11.1. The van der Waals surface area contributed by atoms with Crippen molar-refractivity contribution in [3.8, 4) is 11.5 Å². The highest BCUT2D eigenvalue weighted by Crippen LogP contribution is 2.27. The summed E-state index contributed by atoms with van der Waals surface area (Å²) < 4.78 is 10.8. The van der Waals surface area contributed by atoms with Gasteiger partial charge in [0.1, 0.15) is 17.5 Å². The monoisotopic (exact) mass is 452 g/mol. The average molecular weight is 453 g/mol. The third-order valence-electron chi connectivity index (χ3n) is 4.33. The second-order valence-electron chi connectivity index (χ2n) is 7.08. The van der Waals surface area contributed by atoms with Crippen molar-refractivity contribution in [3.05, 3.63) is 58.1 Å². The number of carbonyl (C=O) groups excluding carboxylic acids is 2. The summed E-state index contributed by atoms with van der Waals surface area (Å²) in [6.45, 7) is 5.37. The van der Waals surface area contributed by atoms with Gasteiger partial charge in [-0.05, 0) is 56.7 Å². The van der Waals surface area contributed by atoms with Crippen LogP contribution in [0.5, 0.6) is 11.5 Å². The van der Waals surface area contributed by atoms with E-state index in [1.807, 2.05) is 38.1 Å². The van der Waals surface area contributed by atoms with Crippen molar-refractivity contribution in [3.63, 3.8) is 0 Å². The standard InChI is InChI=1S/C22H26Cl2N2O4/c1-14(2)25-22(28)15(3)26(12-16-6-5-7-18(10-16)29-4)21(27)13-30-20-9-8-17(23)11-19(20)24/h5-11,14-15H,12-13H2,1-4H3,(H,25,28). The summed E-state index contributed by atoms with van der Waals surface area (Å²) in [5, 5.41) is 3.62. The minimum Gasteiger partial charge on any atom is -0.497 e.